The van der Waals surface area contributed by atoms with Crippen LogP contribution in [0.4, 0.5) is 0 Å². The molecule has 0 aliphatic rings. The van der Waals surface area contributed by atoms with Crippen LogP contribution in [0.1, 0.15) is 35.6 Å². The van der Waals surface area contributed by atoms with Crippen LogP contribution in [0, 0.1) is 0 Å². The molecule has 0 aromatic carbocycles. The van der Waals surface area contributed by atoms with Gasteiger partial charge in [-0.05, 0) is 24.4 Å². The first-order valence-electron chi connectivity index (χ1n) is 5.55. The molecule has 1 aromatic heterocycles. The van der Waals surface area contributed by atoms with Gasteiger partial charge in [0, 0.05) is 6.54 Å². The number of nitrogens with one attached hydrogen (secondary N) is 2. The summed E-state index contributed by atoms with van der Waals surface area (Å²) in [6, 6.07) is 0. The molecule has 17 heavy (non-hydrogen) atoms. The molecule has 2 amide bonds. The molecule has 0 saturated heterocycles. The Bertz CT molecular complexity index is 391. The van der Waals surface area contributed by atoms with Crippen LogP contribution in [-0.2, 0) is 11.2 Å². The number of amides is 2. The Hall–Kier alpha value is -1.50. The maximum atomic E-state index is 11.7. The minimum Gasteiger partial charge on any atom is -0.355 e. The van der Waals surface area contributed by atoms with E-state index in [1.165, 1.54) is 0 Å². The number of carbonyl (C=O) groups is 2. The predicted molar refractivity (Wildman–Crippen MR) is 64.9 cm³/mol. The third kappa shape index (κ3) is 4.10. The Morgan fingerprint density at radius 2 is 2.06 bits per heavy atom. The highest BCUT2D eigenvalue weighted by Gasteiger charge is 2.15. The summed E-state index contributed by atoms with van der Waals surface area (Å²) in [6.07, 6.45) is 1.53. The highest BCUT2D eigenvalue weighted by atomic mass is 32.1. The Morgan fingerprint density at radius 3 is 2.71 bits per heavy atom. The highest BCUT2D eigenvalue weighted by Crippen LogP contribution is 2.10. The molecule has 0 aliphatic heterocycles. The lowest BCUT2D eigenvalue weighted by Gasteiger charge is -2.04. The van der Waals surface area contributed by atoms with Gasteiger partial charge in [-0.2, -0.15) is 0 Å². The largest absolute Gasteiger partial charge is 0.355 e. The van der Waals surface area contributed by atoms with Crippen molar-refractivity contribution < 1.29 is 9.59 Å². The molecular weight excluding hydrogens is 240 g/mol. The third-order valence-corrected chi connectivity index (χ3v) is 2.85. The third-order valence-electron chi connectivity index (χ3n) is 2.08. The van der Waals surface area contributed by atoms with Gasteiger partial charge in [0.2, 0.25) is 5.91 Å². The zero-order valence-corrected chi connectivity index (χ0v) is 10.8. The smallest absolute Gasteiger partial charge is 0.265 e. The lowest BCUT2D eigenvalue weighted by atomic mass is 10.3. The van der Waals surface area contributed by atoms with Crippen molar-refractivity contribution in [2.45, 2.75) is 26.7 Å². The molecule has 0 fully saturated rings. The summed E-state index contributed by atoms with van der Waals surface area (Å²) in [5.74, 6) is -0.473. The van der Waals surface area contributed by atoms with Crippen LogP contribution >= 0.6 is 11.5 Å². The minimum absolute atomic E-state index is 0.0140. The van der Waals surface area contributed by atoms with Crippen LogP contribution in [-0.4, -0.2) is 34.5 Å². The number of carbonyl (C=O) groups excluding carboxylic acids is 2. The summed E-state index contributed by atoms with van der Waals surface area (Å²) < 4.78 is 3.72. The number of hydrogen-bond acceptors (Lipinski definition) is 5. The van der Waals surface area contributed by atoms with Crippen molar-refractivity contribution in [2.24, 2.45) is 0 Å². The van der Waals surface area contributed by atoms with E-state index in [2.05, 4.69) is 20.2 Å². The van der Waals surface area contributed by atoms with E-state index < -0.39 is 0 Å². The molecule has 1 heterocycles. The van der Waals surface area contributed by atoms with Crippen LogP contribution in [0.2, 0.25) is 0 Å². The van der Waals surface area contributed by atoms with E-state index in [9.17, 15) is 9.59 Å². The zero-order chi connectivity index (χ0) is 12.7. The van der Waals surface area contributed by atoms with Crippen molar-refractivity contribution in [3.63, 3.8) is 0 Å². The van der Waals surface area contributed by atoms with Gasteiger partial charge in [-0.3, -0.25) is 9.59 Å². The molecule has 0 atom stereocenters. The van der Waals surface area contributed by atoms with Gasteiger partial charge in [0.25, 0.3) is 5.91 Å². The molecule has 2 N–H and O–H groups in total. The van der Waals surface area contributed by atoms with E-state index in [4.69, 9.17) is 0 Å². The van der Waals surface area contributed by atoms with Crippen molar-refractivity contribution in [1.29, 1.82) is 0 Å². The monoisotopic (exact) mass is 256 g/mol. The van der Waals surface area contributed by atoms with E-state index in [0.29, 0.717) is 23.5 Å². The van der Waals surface area contributed by atoms with Crippen LogP contribution in [0.15, 0.2) is 0 Å². The number of rotatable bonds is 6. The minimum atomic E-state index is -0.288. The molecule has 0 spiro atoms. The van der Waals surface area contributed by atoms with Gasteiger partial charge >= 0.3 is 0 Å². The fourth-order valence-corrected chi connectivity index (χ4v) is 1.85. The standard InChI is InChI=1S/C10H16N4O2S/c1-3-5-11-8(15)6-12-10(16)9-7(4-2)13-14-17-9/h3-6H2,1-2H3,(H,11,15)(H,12,16). The van der Waals surface area contributed by atoms with Gasteiger partial charge in [-0.15, -0.1) is 5.10 Å². The SMILES string of the molecule is CCCNC(=O)CNC(=O)c1snnc1CC. The summed E-state index contributed by atoms with van der Waals surface area (Å²) in [7, 11) is 0. The lowest BCUT2D eigenvalue weighted by molar-refractivity contribution is -0.120. The van der Waals surface area contributed by atoms with Gasteiger partial charge in [-0.25, -0.2) is 0 Å². The van der Waals surface area contributed by atoms with E-state index in [-0.39, 0.29) is 18.4 Å². The van der Waals surface area contributed by atoms with Crippen molar-refractivity contribution in [1.82, 2.24) is 20.2 Å². The molecule has 94 valence electrons. The second kappa shape index (κ2) is 6.95. The van der Waals surface area contributed by atoms with Gasteiger partial charge in [-0.1, -0.05) is 18.3 Å². The molecule has 1 aromatic rings. The summed E-state index contributed by atoms with van der Waals surface area (Å²) in [5.41, 5.74) is 0.668. The molecule has 1 rings (SSSR count). The van der Waals surface area contributed by atoms with E-state index in [1.54, 1.807) is 0 Å². The molecule has 0 radical (unpaired) electrons. The Morgan fingerprint density at radius 1 is 1.29 bits per heavy atom. The van der Waals surface area contributed by atoms with Gasteiger partial charge in [0.15, 0.2) is 0 Å². The molecule has 6 nitrogen and oxygen atoms in total. The molecule has 0 saturated carbocycles. The Labute approximate surface area is 104 Å². The first kappa shape index (κ1) is 13.6. The average molecular weight is 256 g/mol. The number of aromatic nitrogens is 2. The van der Waals surface area contributed by atoms with E-state index in [0.717, 1.165) is 18.0 Å². The van der Waals surface area contributed by atoms with E-state index >= 15 is 0 Å². The van der Waals surface area contributed by atoms with Crippen LogP contribution in [0.25, 0.3) is 0 Å². The van der Waals surface area contributed by atoms with Crippen LogP contribution in [0.3, 0.4) is 0 Å². The van der Waals surface area contributed by atoms with Gasteiger partial charge in [0.1, 0.15) is 4.88 Å². The number of nitrogens with zero attached hydrogens (tertiary/aromatic N) is 2. The van der Waals surface area contributed by atoms with Crippen molar-refractivity contribution in [3.8, 4) is 0 Å². The van der Waals surface area contributed by atoms with Crippen molar-refractivity contribution >= 4 is 23.3 Å². The maximum absolute atomic E-state index is 11.7. The molecule has 0 bridgehead atoms. The molecule has 7 heteroatoms. The fourth-order valence-electron chi connectivity index (χ4n) is 1.18. The number of aryl methyl sites for hydroxylation is 1. The Kier molecular flexibility index (Phi) is 5.55. The normalized spacial score (nSPS) is 10.0. The summed E-state index contributed by atoms with van der Waals surface area (Å²) in [5, 5.41) is 9.07. The van der Waals surface area contributed by atoms with Crippen molar-refractivity contribution in [2.75, 3.05) is 13.1 Å². The summed E-state index contributed by atoms with van der Waals surface area (Å²) in [6.45, 7) is 4.48. The first-order valence-corrected chi connectivity index (χ1v) is 6.32. The predicted octanol–water partition coefficient (Wildman–Crippen LogP) is 0.356. The van der Waals surface area contributed by atoms with Crippen LogP contribution in [0.5, 0.6) is 0 Å². The average Bonchev–Trinajstić information content (AvgIpc) is 2.81. The lowest BCUT2D eigenvalue weighted by Crippen LogP contribution is -2.37. The Balaban J connectivity index is 2.42. The molecule has 0 unspecified atom stereocenters. The topological polar surface area (TPSA) is 84.0 Å². The van der Waals surface area contributed by atoms with Crippen molar-refractivity contribution in [3.05, 3.63) is 10.6 Å². The van der Waals surface area contributed by atoms with E-state index in [1.807, 2.05) is 13.8 Å². The number of hydrogen-bond donors (Lipinski definition) is 2. The summed E-state index contributed by atoms with van der Waals surface area (Å²) >= 11 is 1.05. The quantitative estimate of drug-likeness (QED) is 0.769. The van der Waals surface area contributed by atoms with Gasteiger partial charge < -0.3 is 10.6 Å². The highest BCUT2D eigenvalue weighted by molar-refractivity contribution is 7.08. The molecular formula is C10H16N4O2S. The zero-order valence-electron chi connectivity index (χ0n) is 9.95. The second-order valence-electron chi connectivity index (χ2n) is 3.43. The first-order chi connectivity index (χ1) is 8.19. The second-order valence-corrected chi connectivity index (χ2v) is 4.19. The fraction of sp³-hybridized carbons (Fsp3) is 0.600. The van der Waals surface area contributed by atoms with Crippen LogP contribution < -0.4 is 10.6 Å². The maximum Gasteiger partial charge on any atom is 0.265 e. The summed E-state index contributed by atoms with van der Waals surface area (Å²) in [4.78, 5) is 23.5. The molecule has 0 aliphatic carbocycles. The van der Waals surface area contributed by atoms with Gasteiger partial charge in [0.05, 0.1) is 12.2 Å².